The maximum Gasteiger partial charge on any atom is 0.406 e. The van der Waals surface area contributed by atoms with Gasteiger partial charge in [-0.1, -0.05) is 12.1 Å². The number of imidazole rings is 1. The average molecular weight is 422 g/mol. The van der Waals surface area contributed by atoms with Crippen LogP contribution in [0.4, 0.5) is 30.8 Å². The molecule has 0 amide bonds. The number of hydrogen-bond donors (Lipinski definition) is 2. The molecule has 0 spiro atoms. The summed E-state index contributed by atoms with van der Waals surface area (Å²) in [7, 11) is 3.27. The number of benzene rings is 1. The summed E-state index contributed by atoms with van der Waals surface area (Å²) in [5, 5.41) is 3.03. The quantitative estimate of drug-likeness (QED) is 0.571. The van der Waals surface area contributed by atoms with Gasteiger partial charge in [0.15, 0.2) is 0 Å². The standard InChI is InChI=1S/C18H21F3N8O/c1-28(10-15-23-7-8-29(15)11-18(19,20)21)9-14-25-16(22)27-17(26-14)24-12-5-3-4-6-13(12)30-2/h3-8H,9-11H2,1-2H3,(H3,22,24,25,26,27). The molecule has 0 radical (unpaired) electrons. The van der Waals surface area contributed by atoms with Crippen LogP contribution in [0.5, 0.6) is 5.75 Å². The minimum atomic E-state index is -4.32. The largest absolute Gasteiger partial charge is 0.495 e. The summed E-state index contributed by atoms with van der Waals surface area (Å²) in [6.45, 7) is -0.696. The van der Waals surface area contributed by atoms with E-state index in [1.807, 2.05) is 12.1 Å². The van der Waals surface area contributed by atoms with Gasteiger partial charge in [-0.15, -0.1) is 0 Å². The van der Waals surface area contributed by atoms with Crippen LogP contribution < -0.4 is 15.8 Å². The minimum absolute atomic E-state index is 0.0179. The summed E-state index contributed by atoms with van der Waals surface area (Å²) in [5.74, 6) is 1.49. The van der Waals surface area contributed by atoms with Gasteiger partial charge in [0.2, 0.25) is 11.9 Å². The van der Waals surface area contributed by atoms with Gasteiger partial charge in [-0.25, -0.2) is 4.98 Å². The predicted molar refractivity (Wildman–Crippen MR) is 104 cm³/mol. The lowest BCUT2D eigenvalue weighted by Gasteiger charge is -2.17. The van der Waals surface area contributed by atoms with Crippen molar-refractivity contribution in [3.05, 3.63) is 48.3 Å². The van der Waals surface area contributed by atoms with Crippen LogP contribution >= 0.6 is 0 Å². The molecule has 3 N–H and O–H groups in total. The third-order valence-corrected chi connectivity index (χ3v) is 4.03. The molecule has 0 fully saturated rings. The number of anilines is 3. The van der Waals surface area contributed by atoms with Gasteiger partial charge in [-0.05, 0) is 19.2 Å². The van der Waals surface area contributed by atoms with Gasteiger partial charge in [-0.3, -0.25) is 4.90 Å². The van der Waals surface area contributed by atoms with E-state index in [0.717, 1.165) is 4.57 Å². The first kappa shape index (κ1) is 21.3. The number of aromatic nitrogens is 5. The Labute approximate surface area is 170 Å². The Bertz CT molecular complexity index is 992. The van der Waals surface area contributed by atoms with E-state index in [4.69, 9.17) is 10.5 Å². The van der Waals surface area contributed by atoms with E-state index in [1.165, 1.54) is 12.4 Å². The van der Waals surface area contributed by atoms with Gasteiger partial charge in [-0.2, -0.15) is 28.1 Å². The molecule has 2 heterocycles. The molecular formula is C18H21F3N8O. The number of hydrogen-bond acceptors (Lipinski definition) is 8. The SMILES string of the molecule is COc1ccccc1Nc1nc(N)nc(CN(C)Cc2nccn2CC(F)(F)F)n1. The maximum atomic E-state index is 12.7. The molecule has 3 aromatic rings. The van der Waals surface area contributed by atoms with Crippen LogP contribution in [0.15, 0.2) is 36.7 Å². The molecule has 30 heavy (non-hydrogen) atoms. The second-order valence-electron chi connectivity index (χ2n) is 6.52. The monoisotopic (exact) mass is 422 g/mol. The van der Waals surface area contributed by atoms with Crippen molar-refractivity contribution in [3.8, 4) is 5.75 Å². The zero-order valence-corrected chi connectivity index (χ0v) is 16.4. The van der Waals surface area contributed by atoms with Crippen molar-refractivity contribution < 1.29 is 17.9 Å². The normalized spacial score (nSPS) is 11.7. The Kier molecular flexibility index (Phi) is 6.35. The molecule has 0 atom stereocenters. The van der Waals surface area contributed by atoms with Crippen molar-refractivity contribution in [2.75, 3.05) is 25.2 Å². The lowest BCUT2D eigenvalue weighted by atomic mass is 10.3. The van der Waals surface area contributed by atoms with Gasteiger partial charge < -0.3 is 20.4 Å². The molecule has 0 saturated heterocycles. The van der Waals surface area contributed by atoms with Crippen molar-refractivity contribution >= 4 is 17.6 Å². The van der Waals surface area contributed by atoms with E-state index < -0.39 is 12.7 Å². The summed E-state index contributed by atoms with van der Waals surface area (Å²) in [6.07, 6.45) is -1.69. The van der Waals surface area contributed by atoms with Crippen LogP contribution in [-0.4, -0.2) is 49.7 Å². The minimum Gasteiger partial charge on any atom is -0.495 e. The van der Waals surface area contributed by atoms with Gasteiger partial charge in [0.05, 0.1) is 25.9 Å². The third-order valence-electron chi connectivity index (χ3n) is 4.03. The van der Waals surface area contributed by atoms with Crippen molar-refractivity contribution in [2.45, 2.75) is 25.8 Å². The van der Waals surface area contributed by atoms with Gasteiger partial charge >= 0.3 is 6.18 Å². The zero-order chi connectivity index (χ0) is 21.7. The number of nitrogens with zero attached hydrogens (tertiary/aromatic N) is 6. The molecule has 1 aromatic carbocycles. The number of rotatable bonds is 8. The second kappa shape index (κ2) is 8.95. The average Bonchev–Trinajstić information content (AvgIpc) is 3.06. The molecule has 9 nitrogen and oxygen atoms in total. The van der Waals surface area contributed by atoms with Crippen molar-refractivity contribution in [3.63, 3.8) is 0 Å². The van der Waals surface area contributed by atoms with Crippen molar-refractivity contribution in [1.82, 2.24) is 29.4 Å². The number of nitrogens with one attached hydrogen (secondary N) is 1. The number of halogens is 3. The van der Waals surface area contributed by atoms with Crippen LogP contribution in [0.2, 0.25) is 0 Å². The third kappa shape index (κ3) is 5.80. The van der Waals surface area contributed by atoms with E-state index in [0.29, 0.717) is 17.3 Å². The second-order valence-corrected chi connectivity index (χ2v) is 6.52. The van der Waals surface area contributed by atoms with Crippen LogP contribution in [0.1, 0.15) is 11.6 Å². The highest BCUT2D eigenvalue weighted by molar-refractivity contribution is 5.62. The molecule has 3 rings (SSSR count). The summed E-state index contributed by atoms with van der Waals surface area (Å²) in [6, 6.07) is 7.23. The molecule has 0 aliphatic carbocycles. The summed E-state index contributed by atoms with van der Waals surface area (Å²) < 4.78 is 44.4. The lowest BCUT2D eigenvalue weighted by Crippen LogP contribution is -2.24. The number of alkyl halides is 3. The van der Waals surface area contributed by atoms with E-state index >= 15 is 0 Å². The van der Waals surface area contributed by atoms with Crippen molar-refractivity contribution in [2.24, 2.45) is 0 Å². The van der Waals surface area contributed by atoms with E-state index in [9.17, 15) is 13.2 Å². The number of para-hydroxylation sites is 2. The zero-order valence-electron chi connectivity index (χ0n) is 16.4. The smallest absolute Gasteiger partial charge is 0.406 e. The number of methoxy groups -OCH3 is 1. The highest BCUT2D eigenvalue weighted by atomic mass is 19.4. The van der Waals surface area contributed by atoms with E-state index in [1.54, 1.807) is 31.2 Å². The summed E-state index contributed by atoms with van der Waals surface area (Å²) in [5.41, 5.74) is 6.45. The van der Waals surface area contributed by atoms with Crippen LogP contribution in [-0.2, 0) is 19.6 Å². The Morgan fingerprint density at radius 3 is 2.67 bits per heavy atom. The predicted octanol–water partition coefficient (Wildman–Crippen LogP) is 2.60. The molecular weight excluding hydrogens is 401 g/mol. The fourth-order valence-corrected chi connectivity index (χ4v) is 2.80. The first-order valence-electron chi connectivity index (χ1n) is 8.89. The van der Waals surface area contributed by atoms with Gasteiger partial charge in [0, 0.05) is 12.4 Å². The molecule has 0 saturated carbocycles. The summed E-state index contributed by atoms with van der Waals surface area (Å²) in [4.78, 5) is 18.3. The molecule has 2 aromatic heterocycles. The van der Waals surface area contributed by atoms with Crippen LogP contribution in [0.25, 0.3) is 0 Å². The molecule has 0 aliphatic rings. The summed E-state index contributed by atoms with van der Waals surface area (Å²) >= 11 is 0. The number of nitrogen functional groups attached to an aromatic ring is 1. The maximum absolute atomic E-state index is 12.7. The molecule has 0 aliphatic heterocycles. The number of ether oxygens (including phenoxy) is 1. The first-order valence-corrected chi connectivity index (χ1v) is 8.89. The highest BCUT2D eigenvalue weighted by Gasteiger charge is 2.29. The Hall–Kier alpha value is -3.41. The van der Waals surface area contributed by atoms with Crippen LogP contribution in [0, 0.1) is 0 Å². The Morgan fingerprint density at radius 2 is 1.93 bits per heavy atom. The van der Waals surface area contributed by atoms with Gasteiger partial charge in [0.1, 0.15) is 23.9 Å². The van der Waals surface area contributed by atoms with Crippen molar-refractivity contribution in [1.29, 1.82) is 0 Å². The Morgan fingerprint density at radius 1 is 1.17 bits per heavy atom. The first-order chi connectivity index (χ1) is 14.2. The molecule has 0 bridgehead atoms. The van der Waals surface area contributed by atoms with E-state index in [-0.39, 0.29) is 30.8 Å². The van der Waals surface area contributed by atoms with Gasteiger partial charge in [0.25, 0.3) is 0 Å². The highest BCUT2D eigenvalue weighted by Crippen LogP contribution is 2.25. The van der Waals surface area contributed by atoms with E-state index in [2.05, 4.69) is 25.3 Å². The molecule has 160 valence electrons. The fraction of sp³-hybridized carbons (Fsp3) is 0.333. The molecule has 12 heteroatoms. The molecule has 0 unspecified atom stereocenters. The Balaban J connectivity index is 1.71. The van der Waals surface area contributed by atoms with Crippen LogP contribution in [0.3, 0.4) is 0 Å². The fourth-order valence-electron chi connectivity index (χ4n) is 2.80. The topological polar surface area (TPSA) is 107 Å². The lowest BCUT2D eigenvalue weighted by molar-refractivity contribution is -0.141. The number of nitrogens with two attached hydrogens (primary N) is 1.